The maximum absolute atomic E-state index is 12.3. The average molecular weight is 270 g/mol. The maximum atomic E-state index is 12.3. The molecule has 7 nitrogen and oxygen atoms in total. The van der Waals surface area contributed by atoms with E-state index in [1.54, 1.807) is 0 Å². The van der Waals surface area contributed by atoms with Crippen LogP contribution in [0.1, 0.15) is 6.42 Å². The lowest BCUT2D eigenvalue weighted by Gasteiger charge is -2.34. The van der Waals surface area contributed by atoms with Crippen LogP contribution in [-0.2, 0) is 14.3 Å². The molecule has 2 fully saturated rings. The molecule has 0 saturated carbocycles. The number of morpholine rings is 1. The molecule has 0 aromatic carbocycles. The zero-order valence-corrected chi connectivity index (χ0v) is 11.1. The van der Waals surface area contributed by atoms with E-state index in [0.717, 1.165) is 32.6 Å². The second-order valence-electron chi connectivity index (χ2n) is 4.95. The molecule has 2 amide bonds. The Hall–Kier alpha value is -1.18. The Morgan fingerprint density at radius 1 is 1.26 bits per heavy atom. The van der Waals surface area contributed by atoms with Crippen molar-refractivity contribution in [3.63, 3.8) is 0 Å². The minimum absolute atomic E-state index is 0.0665. The topological polar surface area (TPSA) is 87.9 Å². The number of nitrogens with two attached hydrogens (primary N) is 1. The third-order valence-electron chi connectivity index (χ3n) is 3.60. The normalized spacial score (nSPS) is 25.9. The number of ether oxygens (including phenoxy) is 1. The Morgan fingerprint density at radius 3 is 2.89 bits per heavy atom. The largest absolute Gasteiger partial charge is 0.378 e. The fourth-order valence-electron chi connectivity index (χ4n) is 2.46. The van der Waals surface area contributed by atoms with E-state index in [0.29, 0.717) is 13.2 Å². The van der Waals surface area contributed by atoms with Gasteiger partial charge < -0.3 is 20.7 Å². The van der Waals surface area contributed by atoms with E-state index in [-0.39, 0.29) is 19.1 Å². The van der Waals surface area contributed by atoms with Crippen molar-refractivity contribution in [2.24, 2.45) is 5.73 Å². The molecule has 0 radical (unpaired) electrons. The van der Waals surface area contributed by atoms with E-state index in [2.05, 4.69) is 5.32 Å². The molecule has 1 atom stereocenters. The smallest absolute Gasteiger partial charge is 0.237 e. The van der Waals surface area contributed by atoms with Gasteiger partial charge in [-0.15, -0.1) is 0 Å². The van der Waals surface area contributed by atoms with E-state index < -0.39 is 11.9 Å². The Bertz CT molecular complexity index is 329. The number of hydrogen-bond donors (Lipinski definition) is 2. The Labute approximate surface area is 113 Å². The number of amides is 2. The zero-order chi connectivity index (χ0) is 13.7. The highest BCUT2D eigenvalue weighted by atomic mass is 16.5. The molecule has 19 heavy (non-hydrogen) atoms. The quantitative estimate of drug-likeness (QED) is 0.619. The molecule has 0 aromatic heterocycles. The van der Waals surface area contributed by atoms with E-state index in [4.69, 9.17) is 10.5 Å². The van der Waals surface area contributed by atoms with Crippen molar-refractivity contribution in [1.82, 2.24) is 15.1 Å². The minimum Gasteiger partial charge on any atom is -0.378 e. The number of primary amides is 1. The van der Waals surface area contributed by atoms with E-state index in [1.165, 1.54) is 0 Å². The summed E-state index contributed by atoms with van der Waals surface area (Å²) in [5.74, 6) is -0.359. The molecule has 0 aliphatic carbocycles. The molecule has 0 aromatic rings. The van der Waals surface area contributed by atoms with Gasteiger partial charge in [0.15, 0.2) is 0 Å². The lowest BCUT2D eigenvalue weighted by molar-refractivity contribution is -0.138. The van der Waals surface area contributed by atoms with Crippen LogP contribution in [0.2, 0.25) is 0 Å². The minimum atomic E-state index is -0.484. The number of nitrogens with one attached hydrogen (secondary N) is 1. The molecule has 1 unspecified atom stereocenters. The Balaban J connectivity index is 1.90. The van der Waals surface area contributed by atoms with Crippen LogP contribution in [0, 0.1) is 0 Å². The fraction of sp³-hybridized carbons (Fsp3) is 0.833. The molecule has 2 saturated heterocycles. The van der Waals surface area contributed by atoms with Gasteiger partial charge in [0.1, 0.15) is 6.04 Å². The van der Waals surface area contributed by atoms with Crippen LogP contribution in [0.25, 0.3) is 0 Å². The van der Waals surface area contributed by atoms with Gasteiger partial charge in [0, 0.05) is 26.2 Å². The molecule has 3 N–H and O–H groups in total. The van der Waals surface area contributed by atoms with Gasteiger partial charge in [-0.05, 0) is 13.0 Å². The average Bonchev–Trinajstić information content (AvgIpc) is 2.68. The molecule has 7 heteroatoms. The third-order valence-corrected chi connectivity index (χ3v) is 3.60. The number of carbonyl (C=O) groups is 2. The summed E-state index contributed by atoms with van der Waals surface area (Å²) in [6, 6.07) is -0.484. The summed E-state index contributed by atoms with van der Waals surface area (Å²) in [5.41, 5.74) is 5.34. The van der Waals surface area contributed by atoms with Gasteiger partial charge in [0.25, 0.3) is 0 Å². The van der Waals surface area contributed by atoms with Crippen LogP contribution in [0.15, 0.2) is 0 Å². The fourth-order valence-corrected chi connectivity index (χ4v) is 2.46. The second-order valence-corrected chi connectivity index (χ2v) is 4.95. The molecular weight excluding hydrogens is 248 g/mol. The number of rotatable bonds is 3. The van der Waals surface area contributed by atoms with Gasteiger partial charge in [-0.2, -0.15) is 0 Å². The summed E-state index contributed by atoms with van der Waals surface area (Å²) in [6.45, 7) is 4.92. The molecular formula is C12H22N4O3. The van der Waals surface area contributed by atoms with Crippen molar-refractivity contribution in [3.05, 3.63) is 0 Å². The van der Waals surface area contributed by atoms with Crippen LogP contribution >= 0.6 is 0 Å². The molecule has 108 valence electrons. The monoisotopic (exact) mass is 270 g/mol. The van der Waals surface area contributed by atoms with Crippen LogP contribution in [0.5, 0.6) is 0 Å². The van der Waals surface area contributed by atoms with Crippen molar-refractivity contribution < 1.29 is 14.3 Å². The Kier molecular flexibility index (Phi) is 5.12. The molecule has 2 heterocycles. The van der Waals surface area contributed by atoms with Crippen molar-refractivity contribution in [1.29, 1.82) is 0 Å². The van der Waals surface area contributed by atoms with Crippen LogP contribution in [0.4, 0.5) is 0 Å². The van der Waals surface area contributed by atoms with Crippen LogP contribution < -0.4 is 11.1 Å². The van der Waals surface area contributed by atoms with Crippen molar-refractivity contribution >= 4 is 11.8 Å². The first-order valence-corrected chi connectivity index (χ1v) is 6.78. The van der Waals surface area contributed by atoms with E-state index >= 15 is 0 Å². The van der Waals surface area contributed by atoms with Crippen molar-refractivity contribution in [2.75, 3.05) is 52.5 Å². The van der Waals surface area contributed by atoms with Gasteiger partial charge in [-0.25, -0.2) is 0 Å². The summed E-state index contributed by atoms with van der Waals surface area (Å²) >= 11 is 0. The molecule has 2 rings (SSSR count). The standard InChI is InChI=1S/C12H22N4O3/c13-12(18)10-9-19-7-6-16(10)8-11(17)15-4-1-2-14-3-5-15/h10,14H,1-9H2,(H2,13,18). The molecule has 2 aliphatic rings. The van der Waals surface area contributed by atoms with Crippen molar-refractivity contribution in [2.45, 2.75) is 12.5 Å². The molecule has 2 aliphatic heterocycles. The maximum Gasteiger partial charge on any atom is 0.237 e. The summed E-state index contributed by atoms with van der Waals surface area (Å²) in [7, 11) is 0. The molecule has 0 spiro atoms. The predicted octanol–water partition coefficient (Wildman–Crippen LogP) is -2.01. The van der Waals surface area contributed by atoms with Crippen LogP contribution in [0.3, 0.4) is 0 Å². The first kappa shape index (κ1) is 14.2. The van der Waals surface area contributed by atoms with Gasteiger partial charge in [-0.1, -0.05) is 0 Å². The number of carbonyl (C=O) groups excluding carboxylic acids is 2. The summed E-state index contributed by atoms with van der Waals surface area (Å²) in [5, 5.41) is 3.26. The van der Waals surface area contributed by atoms with E-state index in [1.807, 2.05) is 9.80 Å². The second kappa shape index (κ2) is 6.83. The predicted molar refractivity (Wildman–Crippen MR) is 69.4 cm³/mol. The summed E-state index contributed by atoms with van der Waals surface area (Å²) in [4.78, 5) is 27.3. The Morgan fingerprint density at radius 2 is 2.11 bits per heavy atom. The van der Waals surface area contributed by atoms with Gasteiger partial charge in [0.2, 0.25) is 11.8 Å². The number of hydrogen-bond acceptors (Lipinski definition) is 5. The SMILES string of the molecule is NC(=O)C1COCCN1CC(=O)N1CCCNCC1. The highest BCUT2D eigenvalue weighted by molar-refractivity contribution is 5.82. The lowest BCUT2D eigenvalue weighted by Crippen LogP contribution is -2.55. The van der Waals surface area contributed by atoms with Crippen molar-refractivity contribution in [3.8, 4) is 0 Å². The first-order valence-electron chi connectivity index (χ1n) is 6.78. The lowest BCUT2D eigenvalue weighted by atomic mass is 10.2. The summed E-state index contributed by atoms with van der Waals surface area (Å²) in [6.07, 6.45) is 0.966. The zero-order valence-electron chi connectivity index (χ0n) is 11.1. The highest BCUT2D eigenvalue weighted by Crippen LogP contribution is 2.08. The first-order chi connectivity index (χ1) is 9.18. The van der Waals surface area contributed by atoms with Gasteiger partial charge in [-0.3, -0.25) is 14.5 Å². The van der Waals surface area contributed by atoms with E-state index in [9.17, 15) is 9.59 Å². The van der Waals surface area contributed by atoms with Crippen LogP contribution in [-0.4, -0.2) is 80.1 Å². The summed E-state index contributed by atoms with van der Waals surface area (Å²) < 4.78 is 5.24. The van der Waals surface area contributed by atoms with Gasteiger partial charge >= 0.3 is 0 Å². The van der Waals surface area contributed by atoms with Gasteiger partial charge in [0.05, 0.1) is 19.8 Å². The molecule has 0 bridgehead atoms. The highest BCUT2D eigenvalue weighted by Gasteiger charge is 2.30. The third kappa shape index (κ3) is 3.89. The number of nitrogens with zero attached hydrogens (tertiary/aromatic N) is 2.